The largest absolute Gasteiger partial charge is 0.351 e. The molecule has 5 N–H and O–H groups in total. The second-order valence-electron chi connectivity index (χ2n) is 4.96. The van der Waals surface area contributed by atoms with E-state index in [9.17, 15) is 9.59 Å². The molecule has 17 heavy (non-hydrogen) atoms. The third-order valence-corrected chi connectivity index (χ3v) is 3.30. The molecule has 0 spiro atoms. The number of nitrogens with one attached hydrogen (secondary N) is 1. The molecule has 1 fully saturated rings. The predicted octanol–water partition coefficient (Wildman–Crippen LogP) is -0.513. The summed E-state index contributed by atoms with van der Waals surface area (Å²) in [4.78, 5) is 24.1. The van der Waals surface area contributed by atoms with Crippen molar-refractivity contribution in [2.75, 3.05) is 19.6 Å². The standard InChI is InChI=1S/C11H22N4O2/c1-7-3-8(2)9(4-12)15(5-7)6-10(16)14-11(13)17/h7-9H,3-6,12H2,1-2H3,(H3,13,14,16,17). The van der Waals surface area contributed by atoms with E-state index in [1.54, 1.807) is 0 Å². The van der Waals surface area contributed by atoms with Gasteiger partial charge in [-0.3, -0.25) is 15.0 Å². The summed E-state index contributed by atoms with van der Waals surface area (Å²) in [5.74, 6) is 0.636. The molecule has 0 saturated carbocycles. The summed E-state index contributed by atoms with van der Waals surface area (Å²) in [6.45, 7) is 5.84. The van der Waals surface area contributed by atoms with Crippen molar-refractivity contribution in [2.45, 2.75) is 26.3 Å². The van der Waals surface area contributed by atoms with E-state index in [0.717, 1.165) is 13.0 Å². The number of likely N-dealkylation sites (tertiary alicyclic amines) is 1. The van der Waals surface area contributed by atoms with Gasteiger partial charge in [0.15, 0.2) is 0 Å². The Labute approximate surface area is 102 Å². The van der Waals surface area contributed by atoms with Gasteiger partial charge in [-0.05, 0) is 18.3 Å². The van der Waals surface area contributed by atoms with Gasteiger partial charge < -0.3 is 11.5 Å². The summed E-state index contributed by atoms with van der Waals surface area (Å²) in [6.07, 6.45) is 1.12. The number of hydrogen-bond acceptors (Lipinski definition) is 4. The highest BCUT2D eigenvalue weighted by Crippen LogP contribution is 2.26. The lowest BCUT2D eigenvalue weighted by atomic mass is 9.85. The molecule has 0 aromatic heterocycles. The van der Waals surface area contributed by atoms with Gasteiger partial charge in [0, 0.05) is 19.1 Å². The minimum Gasteiger partial charge on any atom is -0.351 e. The molecule has 3 amide bonds. The number of imide groups is 1. The number of nitrogens with zero attached hydrogens (tertiary/aromatic N) is 1. The topological polar surface area (TPSA) is 101 Å². The van der Waals surface area contributed by atoms with Crippen LogP contribution >= 0.6 is 0 Å². The average Bonchev–Trinajstić information content (AvgIpc) is 2.15. The number of primary amides is 1. The van der Waals surface area contributed by atoms with Gasteiger partial charge in [0.05, 0.1) is 6.54 Å². The fraction of sp³-hybridized carbons (Fsp3) is 0.818. The lowest BCUT2D eigenvalue weighted by Crippen LogP contribution is -2.54. The van der Waals surface area contributed by atoms with Gasteiger partial charge in [-0.15, -0.1) is 0 Å². The second-order valence-corrected chi connectivity index (χ2v) is 4.96. The number of rotatable bonds is 3. The molecule has 0 bridgehead atoms. The van der Waals surface area contributed by atoms with Crippen molar-refractivity contribution in [1.82, 2.24) is 10.2 Å². The number of urea groups is 1. The van der Waals surface area contributed by atoms with Crippen LogP contribution in [0, 0.1) is 11.8 Å². The number of hydrogen-bond donors (Lipinski definition) is 3. The highest BCUT2D eigenvalue weighted by molar-refractivity contribution is 5.94. The molecule has 0 aromatic carbocycles. The van der Waals surface area contributed by atoms with Gasteiger partial charge >= 0.3 is 6.03 Å². The highest BCUT2D eigenvalue weighted by atomic mass is 16.2. The van der Waals surface area contributed by atoms with Crippen LogP contribution in [0.2, 0.25) is 0 Å². The van der Waals surface area contributed by atoms with E-state index in [-0.39, 0.29) is 18.5 Å². The van der Waals surface area contributed by atoms with Crippen LogP contribution < -0.4 is 16.8 Å². The summed E-state index contributed by atoms with van der Waals surface area (Å²) >= 11 is 0. The van der Waals surface area contributed by atoms with Gasteiger partial charge in [0.1, 0.15) is 0 Å². The van der Waals surface area contributed by atoms with Crippen LogP contribution in [0.3, 0.4) is 0 Å². The predicted molar refractivity (Wildman–Crippen MR) is 65.1 cm³/mol. The number of piperidine rings is 1. The van der Waals surface area contributed by atoms with Gasteiger partial charge in [-0.2, -0.15) is 0 Å². The van der Waals surface area contributed by atoms with E-state index in [4.69, 9.17) is 11.5 Å². The second kappa shape index (κ2) is 5.97. The smallest absolute Gasteiger partial charge is 0.318 e. The summed E-state index contributed by atoms with van der Waals surface area (Å²) in [5.41, 5.74) is 10.6. The Balaban J connectivity index is 2.59. The molecule has 1 heterocycles. The minimum atomic E-state index is -0.808. The first kappa shape index (κ1) is 13.9. The molecule has 3 atom stereocenters. The van der Waals surface area contributed by atoms with E-state index >= 15 is 0 Å². The molecule has 6 heteroatoms. The lowest BCUT2D eigenvalue weighted by Gasteiger charge is -2.41. The monoisotopic (exact) mass is 242 g/mol. The molecule has 0 radical (unpaired) electrons. The van der Waals surface area contributed by atoms with E-state index in [1.807, 2.05) is 4.90 Å². The van der Waals surface area contributed by atoms with Crippen molar-refractivity contribution in [2.24, 2.45) is 23.3 Å². The van der Waals surface area contributed by atoms with E-state index in [0.29, 0.717) is 18.4 Å². The van der Waals surface area contributed by atoms with Crippen LogP contribution in [0.4, 0.5) is 4.79 Å². The molecule has 1 saturated heterocycles. The molecule has 0 aromatic rings. The maximum atomic E-state index is 11.5. The number of amides is 3. The Morgan fingerprint density at radius 3 is 2.59 bits per heavy atom. The molecule has 1 aliphatic rings. The first-order valence-electron chi connectivity index (χ1n) is 5.97. The summed E-state index contributed by atoms with van der Waals surface area (Å²) < 4.78 is 0. The fourth-order valence-electron chi connectivity index (χ4n) is 2.69. The van der Waals surface area contributed by atoms with Crippen molar-refractivity contribution in [3.05, 3.63) is 0 Å². The van der Waals surface area contributed by atoms with Crippen molar-refractivity contribution >= 4 is 11.9 Å². The van der Waals surface area contributed by atoms with Crippen molar-refractivity contribution in [3.8, 4) is 0 Å². The Kier molecular flexibility index (Phi) is 4.89. The fourth-order valence-corrected chi connectivity index (χ4v) is 2.69. The Morgan fingerprint density at radius 2 is 2.06 bits per heavy atom. The zero-order valence-electron chi connectivity index (χ0n) is 10.5. The molecule has 1 aliphatic heterocycles. The molecule has 98 valence electrons. The van der Waals surface area contributed by atoms with Gasteiger partial charge in [-0.25, -0.2) is 4.79 Å². The first-order valence-corrected chi connectivity index (χ1v) is 5.97. The summed E-state index contributed by atoms with van der Waals surface area (Å²) in [5, 5.41) is 2.08. The maximum Gasteiger partial charge on any atom is 0.318 e. The average molecular weight is 242 g/mol. The summed E-state index contributed by atoms with van der Waals surface area (Å²) in [6, 6.07) is -0.609. The SMILES string of the molecule is CC1CC(C)C(CN)N(CC(=O)NC(N)=O)C1. The summed E-state index contributed by atoms with van der Waals surface area (Å²) in [7, 11) is 0. The van der Waals surface area contributed by atoms with Crippen LogP contribution in [0.5, 0.6) is 0 Å². The molecule has 0 aliphatic carbocycles. The zero-order valence-corrected chi connectivity index (χ0v) is 10.5. The maximum absolute atomic E-state index is 11.5. The Hall–Kier alpha value is -1.14. The number of carbonyl (C=O) groups is 2. The quantitative estimate of drug-likeness (QED) is 0.620. The number of carbonyl (C=O) groups excluding carboxylic acids is 2. The molecular weight excluding hydrogens is 220 g/mol. The number of nitrogens with two attached hydrogens (primary N) is 2. The molecular formula is C11H22N4O2. The molecule has 6 nitrogen and oxygen atoms in total. The normalized spacial score (nSPS) is 29.9. The van der Waals surface area contributed by atoms with E-state index in [2.05, 4.69) is 19.2 Å². The molecule has 3 unspecified atom stereocenters. The van der Waals surface area contributed by atoms with E-state index in [1.165, 1.54) is 0 Å². The Bertz CT molecular complexity index is 295. The first-order chi connectivity index (χ1) is 7.93. The van der Waals surface area contributed by atoms with Crippen molar-refractivity contribution in [3.63, 3.8) is 0 Å². The highest BCUT2D eigenvalue weighted by Gasteiger charge is 2.31. The van der Waals surface area contributed by atoms with Crippen LogP contribution in [-0.4, -0.2) is 42.5 Å². The molecule has 1 rings (SSSR count). The van der Waals surface area contributed by atoms with E-state index < -0.39 is 6.03 Å². The van der Waals surface area contributed by atoms with Crippen LogP contribution in [0.1, 0.15) is 20.3 Å². The van der Waals surface area contributed by atoms with Crippen LogP contribution in [0.15, 0.2) is 0 Å². The lowest BCUT2D eigenvalue weighted by molar-refractivity contribution is -0.122. The van der Waals surface area contributed by atoms with Gasteiger partial charge in [0.2, 0.25) is 5.91 Å². The third-order valence-electron chi connectivity index (χ3n) is 3.30. The van der Waals surface area contributed by atoms with Gasteiger partial charge in [-0.1, -0.05) is 13.8 Å². The van der Waals surface area contributed by atoms with Crippen LogP contribution in [-0.2, 0) is 4.79 Å². The third kappa shape index (κ3) is 3.98. The van der Waals surface area contributed by atoms with Gasteiger partial charge in [0.25, 0.3) is 0 Å². The zero-order chi connectivity index (χ0) is 13.0. The van der Waals surface area contributed by atoms with Crippen molar-refractivity contribution in [1.29, 1.82) is 0 Å². The Morgan fingerprint density at radius 1 is 1.41 bits per heavy atom. The van der Waals surface area contributed by atoms with Crippen molar-refractivity contribution < 1.29 is 9.59 Å². The minimum absolute atomic E-state index is 0.180. The van der Waals surface area contributed by atoms with Crippen LogP contribution in [0.25, 0.3) is 0 Å².